The van der Waals surface area contributed by atoms with Crippen LogP contribution < -0.4 is 5.32 Å². The molecule has 1 spiro atoms. The Labute approximate surface area is 126 Å². The van der Waals surface area contributed by atoms with Crippen molar-refractivity contribution in [2.75, 3.05) is 13.2 Å². The minimum Gasteiger partial charge on any atom is -0.381 e. The van der Waals surface area contributed by atoms with Gasteiger partial charge in [-0.25, -0.2) is 4.79 Å². The van der Waals surface area contributed by atoms with E-state index in [0.717, 1.165) is 4.90 Å². The van der Waals surface area contributed by atoms with Crippen molar-refractivity contribution in [3.63, 3.8) is 0 Å². The van der Waals surface area contributed by atoms with Crippen LogP contribution in [0.4, 0.5) is 10.5 Å². The zero-order chi connectivity index (χ0) is 15.7. The fraction of sp³-hybridized carbons (Fsp3) is 0.429. The zero-order valence-corrected chi connectivity index (χ0v) is 11.8. The lowest BCUT2D eigenvalue weighted by Gasteiger charge is -2.30. The van der Waals surface area contributed by atoms with Crippen molar-refractivity contribution in [1.29, 1.82) is 0 Å². The lowest BCUT2D eigenvalue weighted by molar-refractivity contribution is -0.385. The summed E-state index contributed by atoms with van der Waals surface area (Å²) in [6, 6.07) is 5.59. The first-order valence-corrected chi connectivity index (χ1v) is 6.98. The third kappa shape index (κ3) is 2.31. The summed E-state index contributed by atoms with van der Waals surface area (Å²) in [6.45, 7) is 0.709. The van der Waals surface area contributed by atoms with Gasteiger partial charge in [-0.1, -0.05) is 18.2 Å². The van der Waals surface area contributed by atoms with Crippen LogP contribution in [0.3, 0.4) is 0 Å². The number of carbonyl (C=O) groups is 2. The van der Waals surface area contributed by atoms with Crippen LogP contribution in [-0.4, -0.2) is 40.5 Å². The molecule has 0 aliphatic carbocycles. The predicted octanol–water partition coefficient (Wildman–Crippen LogP) is 1.20. The molecule has 3 amide bonds. The number of carbonyl (C=O) groups excluding carboxylic acids is 2. The Hall–Kier alpha value is -2.48. The molecule has 1 N–H and O–H groups in total. The molecule has 1 aromatic rings. The fourth-order valence-corrected chi connectivity index (χ4v) is 2.87. The standard InChI is InChI=1S/C14H15N3O5/c18-12-14(5-7-22-8-6-14)15-13(19)16(12)9-10-3-1-2-4-11(10)17(20)21/h1-4H,5-9H2,(H,15,19). The largest absolute Gasteiger partial charge is 0.381 e. The quantitative estimate of drug-likeness (QED) is 0.513. The second-order valence-corrected chi connectivity index (χ2v) is 5.40. The molecule has 3 rings (SSSR count). The van der Waals surface area contributed by atoms with Crippen molar-refractivity contribution in [3.8, 4) is 0 Å². The van der Waals surface area contributed by atoms with E-state index in [1.54, 1.807) is 18.2 Å². The molecule has 8 nitrogen and oxygen atoms in total. The Balaban J connectivity index is 1.85. The van der Waals surface area contributed by atoms with Gasteiger partial charge in [0.25, 0.3) is 11.6 Å². The zero-order valence-electron chi connectivity index (χ0n) is 11.8. The topological polar surface area (TPSA) is 102 Å². The molecule has 2 heterocycles. The number of hydrogen-bond acceptors (Lipinski definition) is 5. The van der Waals surface area contributed by atoms with Gasteiger partial charge in [-0.15, -0.1) is 0 Å². The van der Waals surface area contributed by atoms with Crippen LogP contribution in [0.25, 0.3) is 0 Å². The Morgan fingerprint density at radius 3 is 2.64 bits per heavy atom. The van der Waals surface area contributed by atoms with Crippen LogP contribution in [-0.2, 0) is 16.1 Å². The van der Waals surface area contributed by atoms with Gasteiger partial charge < -0.3 is 10.1 Å². The molecule has 0 unspecified atom stereocenters. The van der Waals surface area contributed by atoms with Gasteiger partial charge in [-0.3, -0.25) is 19.8 Å². The second kappa shape index (κ2) is 5.38. The highest BCUT2D eigenvalue weighted by atomic mass is 16.6. The Kier molecular flexibility index (Phi) is 3.53. The maximum Gasteiger partial charge on any atom is 0.325 e. The highest BCUT2D eigenvalue weighted by Crippen LogP contribution is 2.30. The lowest BCUT2D eigenvalue weighted by Crippen LogP contribution is -2.51. The summed E-state index contributed by atoms with van der Waals surface area (Å²) in [5.41, 5.74) is -0.685. The van der Waals surface area contributed by atoms with Crippen LogP contribution in [0.15, 0.2) is 24.3 Å². The van der Waals surface area contributed by atoms with Gasteiger partial charge in [-0.05, 0) is 0 Å². The number of amides is 3. The molecule has 2 aliphatic rings. The summed E-state index contributed by atoms with van der Waals surface area (Å²) in [7, 11) is 0. The van der Waals surface area contributed by atoms with Crippen LogP contribution in [0.1, 0.15) is 18.4 Å². The normalized spacial score (nSPS) is 20.3. The molecular formula is C14H15N3O5. The van der Waals surface area contributed by atoms with Crippen molar-refractivity contribution < 1.29 is 19.2 Å². The number of ether oxygens (including phenoxy) is 1. The van der Waals surface area contributed by atoms with Crippen molar-refractivity contribution in [2.24, 2.45) is 0 Å². The van der Waals surface area contributed by atoms with Crippen LogP contribution in [0.2, 0.25) is 0 Å². The van der Waals surface area contributed by atoms with E-state index in [-0.39, 0.29) is 18.1 Å². The fourth-order valence-electron chi connectivity index (χ4n) is 2.87. The summed E-state index contributed by atoms with van der Waals surface area (Å²) < 4.78 is 5.23. The number of benzene rings is 1. The number of nitrogens with zero attached hydrogens (tertiary/aromatic N) is 2. The molecule has 0 aromatic heterocycles. The third-order valence-electron chi connectivity index (χ3n) is 4.11. The number of nitro groups is 1. The predicted molar refractivity (Wildman–Crippen MR) is 75.0 cm³/mol. The van der Waals surface area contributed by atoms with E-state index in [2.05, 4.69) is 5.32 Å². The number of nitro benzene ring substituents is 1. The number of imide groups is 1. The van der Waals surface area contributed by atoms with Crippen LogP contribution >= 0.6 is 0 Å². The summed E-state index contributed by atoms with van der Waals surface area (Å²) in [4.78, 5) is 36.3. The molecule has 116 valence electrons. The van der Waals surface area contributed by atoms with Crippen molar-refractivity contribution in [1.82, 2.24) is 10.2 Å². The monoisotopic (exact) mass is 305 g/mol. The number of hydrogen-bond donors (Lipinski definition) is 1. The first kappa shape index (κ1) is 14.5. The minimum absolute atomic E-state index is 0.101. The molecule has 1 aromatic carbocycles. The first-order chi connectivity index (χ1) is 10.5. The van der Waals surface area contributed by atoms with E-state index < -0.39 is 16.5 Å². The van der Waals surface area contributed by atoms with E-state index in [1.807, 2.05) is 0 Å². The smallest absolute Gasteiger partial charge is 0.325 e. The minimum atomic E-state index is -0.918. The number of rotatable bonds is 3. The van der Waals surface area contributed by atoms with Gasteiger partial charge in [0.05, 0.1) is 11.5 Å². The molecule has 0 atom stereocenters. The molecule has 8 heteroatoms. The van der Waals surface area contributed by atoms with Gasteiger partial charge in [0.15, 0.2) is 0 Å². The second-order valence-electron chi connectivity index (χ2n) is 5.40. The van der Waals surface area contributed by atoms with Gasteiger partial charge in [0.1, 0.15) is 5.54 Å². The van der Waals surface area contributed by atoms with Crippen molar-refractivity contribution in [3.05, 3.63) is 39.9 Å². The molecule has 0 saturated carbocycles. The summed E-state index contributed by atoms with van der Waals surface area (Å²) in [5, 5.41) is 13.8. The Morgan fingerprint density at radius 2 is 1.95 bits per heavy atom. The van der Waals surface area contributed by atoms with E-state index in [1.165, 1.54) is 6.07 Å². The van der Waals surface area contributed by atoms with E-state index in [0.29, 0.717) is 31.6 Å². The molecule has 2 fully saturated rings. The number of para-hydroxylation sites is 1. The molecule has 22 heavy (non-hydrogen) atoms. The third-order valence-corrected chi connectivity index (χ3v) is 4.11. The van der Waals surface area contributed by atoms with Crippen LogP contribution in [0, 0.1) is 10.1 Å². The van der Waals surface area contributed by atoms with Gasteiger partial charge in [0, 0.05) is 37.7 Å². The highest BCUT2D eigenvalue weighted by molar-refractivity contribution is 6.07. The van der Waals surface area contributed by atoms with E-state index in [4.69, 9.17) is 4.74 Å². The van der Waals surface area contributed by atoms with Gasteiger partial charge >= 0.3 is 6.03 Å². The lowest BCUT2D eigenvalue weighted by atomic mass is 9.90. The summed E-state index contributed by atoms with van der Waals surface area (Å²) in [6.07, 6.45) is 0.843. The maximum atomic E-state index is 12.6. The molecule has 0 radical (unpaired) electrons. The Morgan fingerprint density at radius 1 is 1.27 bits per heavy atom. The first-order valence-electron chi connectivity index (χ1n) is 6.98. The van der Waals surface area contributed by atoms with Crippen molar-refractivity contribution in [2.45, 2.75) is 24.9 Å². The average Bonchev–Trinajstić information content (AvgIpc) is 2.73. The van der Waals surface area contributed by atoms with Gasteiger partial charge in [0.2, 0.25) is 0 Å². The summed E-state index contributed by atoms with van der Waals surface area (Å²) in [5.74, 6) is -0.334. The van der Waals surface area contributed by atoms with E-state index in [9.17, 15) is 19.7 Å². The number of nitrogens with one attached hydrogen (secondary N) is 1. The molecule has 2 aliphatic heterocycles. The molecule has 0 bridgehead atoms. The van der Waals surface area contributed by atoms with Gasteiger partial charge in [-0.2, -0.15) is 0 Å². The van der Waals surface area contributed by atoms with E-state index >= 15 is 0 Å². The maximum absolute atomic E-state index is 12.6. The van der Waals surface area contributed by atoms with Crippen molar-refractivity contribution >= 4 is 17.6 Å². The Bertz CT molecular complexity index is 639. The van der Waals surface area contributed by atoms with Crippen LogP contribution in [0.5, 0.6) is 0 Å². The number of urea groups is 1. The average molecular weight is 305 g/mol. The highest BCUT2D eigenvalue weighted by Gasteiger charge is 2.51. The molecule has 2 saturated heterocycles. The SMILES string of the molecule is O=C1NC2(CCOCC2)C(=O)N1Cc1ccccc1[N+](=O)[O-]. The summed E-state index contributed by atoms with van der Waals surface area (Å²) >= 11 is 0. The molecular weight excluding hydrogens is 290 g/mol.